The molecule has 0 radical (unpaired) electrons. The topological polar surface area (TPSA) is 89.8 Å². The predicted molar refractivity (Wildman–Crippen MR) is 95.0 cm³/mol. The summed E-state index contributed by atoms with van der Waals surface area (Å²) in [6.07, 6.45) is 0.770. The number of methoxy groups -OCH3 is 2. The summed E-state index contributed by atoms with van der Waals surface area (Å²) in [4.78, 5) is 24.2. The SMILES string of the molecule is COC(=O)N[C@H](/C(C(=O)OC)=C(\C)NCc1ccccc1)c1ccco1. The highest BCUT2D eigenvalue weighted by Crippen LogP contribution is 2.26. The largest absolute Gasteiger partial charge is 0.467 e. The third kappa shape index (κ3) is 4.89. The Bertz CT molecular complexity index is 754. The molecule has 0 fully saturated rings. The summed E-state index contributed by atoms with van der Waals surface area (Å²) >= 11 is 0. The summed E-state index contributed by atoms with van der Waals surface area (Å²) < 4.78 is 15.0. The van der Waals surface area contributed by atoms with Crippen molar-refractivity contribution in [2.45, 2.75) is 19.5 Å². The van der Waals surface area contributed by atoms with Crippen LogP contribution in [-0.4, -0.2) is 26.3 Å². The summed E-state index contributed by atoms with van der Waals surface area (Å²) in [5.41, 5.74) is 1.83. The molecule has 2 N–H and O–H groups in total. The van der Waals surface area contributed by atoms with Gasteiger partial charge in [0.15, 0.2) is 0 Å². The van der Waals surface area contributed by atoms with Crippen LogP contribution in [0.4, 0.5) is 4.79 Å². The molecule has 1 heterocycles. The first-order valence-electron chi connectivity index (χ1n) is 8.01. The monoisotopic (exact) mass is 358 g/mol. The highest BCUT2D eigenvalue weighted by atomic mass is 16.5. The minimum absolute atomic E-state index is 0.226. The van der Waals surface area contributed by atoms with Crippen LogP contribution in [0.5, 0.6) is 0 Å². The van der Waals surface area contributed by atoms with Gasteiger partial charge in [-0.1, -0.05) is 30.3 Å². The molecule has 26 heavy (non-hydrogen) atoms. The smallest absolute Gasteiger partial charge is 0.407 e. The van der Waals surface area contributed by atoms with Gasteiger partial charge in [0.25, 0.3) is 0 Å². The van der Waals surface area contributed by atoms with Gasteiger partial charge in [-0.25, -0.2) is 9.59 Å². The maximum Gasteiger partial charge on any atom is 0.407 e. The van der Waals surface area contributed by atoms with Gasteiger partial charge in [-0.05, 0) is 24.6 Å². The van der Waals surface area contributed by atoms with Gasteiger partial charge in [-0.3, -0.25) is 0 Å². The Morgan fingerprint density at radius 2 is 1.81 bits per heavy atom. The lowest BCUT2D eigenvalue weighted by atomic mass is 10.0. The molecule has 2 rings (SSSR count). The normalized spacial score (nSPS) is 12.6. The summed E-state index contributed by atoms with van der Waals surface area (Å²) in [7, 11) is 2.53. The van der Waals surface area contributed by atoms with E-state index >= 15 is 0 Å². The number of esters is 1. The number of amides is 1. The van der Waals surface area contributed by atoms with Crippen molar-refractivity contribution in [1.82, 2.24) is 10.6 Å². The van der Waals surface area contributed by atoms with E-state index in [4.69, 9.17) is 9.15 Å². The highest BCUT2D eigenvalue weighted by Gasteiger charge is 2.30. The number of ether oxygens (including phenoxy) is 2. The van der Waals surface area contributed by atoms with E-state index in [1.807, 2.05) is 30.3 Å². The van der Waals surface area contributed by atoms with E-state index in [2.05, 4.69) is 15.4 Å². The summed E-state index contributed by atoms with van der Waals surface area (Å²) in [6.45, 7) is 2.25. The standard InChI is InChI=1S/C19H22N2O5/c1-13(20-12-14-8-5-4-6-9-14)16(18(22)24-2)17(21-19(23)25-3)15-10-7-11-26-15/h4-11,17,20H,12H2,1-3H3,(H,21,23)/b16-13-/t17-/m0/s1. The molecule has 1 atom stereocenters. The van der Waals surface area contributed by atoms with E-state index in [1.54, 1.807) is 19.1 Å². The van der Waals surface area contributed by atoms with Gasteiger partial charge in [-0.2, -0.15) is 0 Å². The second kappa shape index (κ2) is 9.31. The second-order valence-corrected chi connectivity index (χ2v) is 5.45. The van der Waals surface area contributed by atoms with E-state index < -0.39 is 18.1 Å². The van der Waals surface area contributed by atoms with Gasteiger partial charge in [0.1, 0.15) is 11.8 Å². The van der Waals surface area contributed by atoms with Crippen LogP contribution < -0.4 is 10.6 Å². The van der Waals surface area contributed by atoms with Crippen LogP contribution in [0.2, 0.25) is 0 Å². The molecule has 138 valence electrons. The number of hydrogen-bond donors (Lipinski definition) is 2. The Morgan fingerprint density at radius 3 is 2.38 bits per heavy atom. The van der Waals surface area contributed by atoms with E-state index in [-0.39, 0.29) is 5.57 Å². The fraction of sp³-hybridized carbons (Fsp3) is 0.263. The molecule has 0 aliphatic carbocycles. The fourth-order valence-electron chi connectivity index (χ4n) is 2.44. The molecule has 0 aliphatic heterocycles. The van der Waals surface area contributed by atoms with Crippen LogP contribution in [0.1, 0.15) is 24.3 Å². The lowest BCUT2D eigenvalue weighted by molar-refractivity contribution is -0.136. The van der Waals surface area contributed by atoms with E-state index in [9.17, 15) is 9.59 Å². The zero-order chi connectivity index (χ0) is 18.9. The van der Waals surface area contributed by atoms with Gasteiger partial charge < -0.3 is 24.5 Å². The summed E-state index contributed by atoms with van der Waals surface area (Å²) in [5, 5.41) is 5.80. The molecule has 1 aromatic heterocycles. The van der Waals surface area contributed by atoms with Gasteiger partial charge in [-0.15, -0.1) is 0 Å². The molecule has 0 aliphatic rings. The van der Waals surface area contributed by atoms with Crippen molar-refractivity contribution >= 4 is 12.1 Å². The third-order valence-electron chi connectivity index (χ3n) is 3.77. The van der Waals surface area contributed by atoms with Crippen molar-refractivity contribution in [2.75, 3.05) is 14.2 Å². The van der Waals surface area contributed by atoms with Crippen LogP contribution in [-0.2, 0) is 20.8 Å². The Morgan fingerprint density at radius 1 is 1.08 bits per heavy atom. The zero-order valence-corrected chi connectivity index (χ0v) is 14.9. The molecule has 7 heteroatoms. The van der Waals surface area contributed by atoms with Gasteiger partial charge >= 0.3 is 12.1 Å². The van der Waals surface area contributed by atoms with Crippen LogP contribution >= 0.6 is 0 Å². The number of nitrogens with one attached hydrogen (secondary N) is 2. The molecule has 0 saturated carbocycles. The van der Waals surface area contributed by atoms with Crippen molar-refractivity contribution in [1.29, 1.82) is 0 Å². The molecular formula is C19H22N2O5. The molecule has 0 bridgehead atoms. The number of benzene rings is 1. The van der Waals surface area contributed by atoms with Gasteiger partial charge in [0, 0.05) is 12.2 Å². The van der Waals surface area contributed by atoms with Gasteiger partial charge in [0.05, 0.1) is 26.1 Å². The Hall–Kier alpha value is -3.22. The molecule has 0 spiro atoms. The number of carbonyl (C=O) groups excluding carboxylic acids is 2. The van der Waals surface area contributed by atoms with E-state index in [1.165, 1.54) is 20.5 Å². The first-order valence-corrected chi connectivity index (χ1v) is 8.01. The minimum Gasteiger partial charge on any atom is -0.467 e. The first-order chi connectivity index (χ1) is 12.6. The molecule has 1 amide bonds. The van der Waals surface area contributed by atoms with Crippen LogP contribution in [0, 0.1) is 0 Å². The number of furan rings is 1. The number of alkyl carbamates (subject to hydrolysis) is 1. The molecule has 1 aromatic carbocycles. The summed E-state index contributed by atoms with van der Waals surface area (Å²) in [5.74, 6) is -0.197. The highest BCUT2D eigenvalue weighted by molar-refractivity contribution is 5.91. The molecule has 2 aromatic rings. The fourth-order valence-corrected chi connectivity index (χ4v) is 2.44. The lowest BCUT2D eigenvalue weighted by Gasteiger charge is -2.21. The molecule has 0 unspecified atom stereocenters. The Balaban J connectivity index is 2.34. The van der Waals surface area contributed by atoms with Crippen molar-refractivity contribution in [3.63, 3.8) is 0 Å². The predicted octanol–water partition coefficient (Wildman–Crippen LogP) is 2.91. The lowest BCUT2D eigenvalue weighted by Crippen LogP contribution is -2.34. The van der Waals surface area contributed by atoms with Gasteiger partial charge in [0.2, 0.25) is 0 Å². The molecule has 7 nitrogen and oxygen atoms in total. The number of rotatable bonds is 7. The molecular weight excluding hydrogens is 336 g/mol. The van der Waals surface area contributed by atoms with Crippen LogP contribution in [0.25, 0.3) is 0 Å². The van der Waals surface area contributed by atoms with Crippen molar-refractivity contribution < 1.29 is 23.5 Å². The third-order valence-corrected chi connectivity index (χ3v) is 3.77. The maximum absolute atomic E-state index is 12.4. The Labute approximate surface area is 152 Å². The molecule has 0 saturated heterocycles. The van der Waals surface area contributed by atoms with Crippen molar-refractivity contribution in [3.8, 4) is 0 Å². The zero-order valence-electron chi connectivity index (χ0n) is 14.9. The van der Waals surface area contributed by atoms with E-state index in [0.29, 0.717) is 18.0 Å². The summed E-state index contributed by atoms with van der Waals surface area (Å²) in [6, 6.07) is 12.2. The quantitative estimate of drug-likeness (QED) is 0.584. The minimum atomic E-state index is -0.854. The maximum atomic E-state index is 12.4. The second-order valence-electron chi connectivity index (χ2n) is 5.45. The van der Waals surface area contributed by atoms with Crippen molar-refractivity contribution in [2.24, 2.45) is 0 Å². The number of allylic oxidation sites excluding steroid dienone is 1. The average molecular weight is 358 g/mol. The average Bonchev–Trinajstić information content (AvgIpc) is 3.20. The van der Waals surface area contributed by atoms with E-state index in [0.717, 1.165) is 5.56 Å². The Kier molecular flexibility index (Phi) is 6.84. The van der Waals surface area contributed by atoms with Crippen LogP contribution in [0.3, 0.4) is 0 Å². The number of hydrogen-bond acceptors (Lipinski definition) is 6. The van der Waals surface area contributed by atoms with Crippen molar-refractivity contribution in [3.05, 3.63) is 71.3 Å². The van der Waals surface area contributed by atoms with Crippen LogP contribution in [0.15, 0.2) is 64.4 Å². The first kappa shape index (κ1) is 19.1. The number of carbonyl (C=O) groups is 2.